The molecule has 1 aromatic carbocycles. The summed E-state index contributed by atoms with van der Waals surface area (Å²) in [6.07, 6.45) is -2.38. The lowest BCUT2D eigenvalue weighted by molar-refractivity contribution is -0.274. The number of benzene rings is 1. The van der Waals surface area contributed by atoms with Crippen LogP contribution in [-0.4, -0.2) is 26.0 Å². The first kappa shape index (κ1) is 15.9. The van der Waals surface area contributed by atoms with E-state index < -0.39 is 18.1 Å². The van der Waals surface area contributed by atoms with Crippen LogP contribution in [0.2, 0.25) is 0 Å². The number of hydrogen-bond acceptors (Lipinski definition) is 4. The molecule has 1 aromatic rings. The van der Waals surface area contributed by atoms with Crippen LogP contribution < -0.4 is 9.47 Å². The molecule has 0 radical (unpaired) electrons. The summed E-state index contributed by atoms with van der Waals surface area (Å²) in [5, 5.41) is 0. The van der Waals surface area contributed by atoms with Gasteiger partial charge in [0.15, 0.2) is 0 Å². The van der Waals surface area contributed by atoms with Crippen molar-refractivity contribution in [2.75, 3.05) is 13.7 Å². The molecule has 0 aliphatic rings. The smallest absolute Gasteiger partial charge is 0.497 e. The summed E-state index contributed by atoms with van der Waals surface area (Å²) in [6, 6.07) is 3.68. The zero-order valence-corrected chi connectivity index (χ0v) is 10.9. The average molecular weight is 290 g/mol. The van der Waals surface area contributed by atoms with Crippen LogP contribution in [0.15, 0.2) is 24.3 Å². The summed E-state index contributed by atoms with van der Waals surface area (Å²) >= 11 is 0. The fourth-order valence-electron chi connectivity index (χ4n) is 1.36. The fraction of sp³-hybridized carbons (Fsp3) is 0.308. The molecular weight excluding hydrogens is 277 g/mol. The molecule has 0 aliphatic heterocycles. The van der Waals surface area contributed by atoms with Crippen LogP contribution >= 0.6 is 0 Å². The normalized spacial score (nSPS) is 11.4. The van der Waals surface area contributed by atoms with E-state index in [4.69, 9.17) is 4.74 Å². The summed E-state index contributed by atoms with van der Waals surface area (Å²) < 4.78 is 49.8. The zero-order valence-electron chi connectivity index (χ0n) is 10.9. The molecule has 0 saturated heterocycles. The molecule has 0 spiro atoms. The van der Waals surface area contributed by atoms with E-state index in [0.29, 0.717) is 5.56 Å². The zero-order chi connectivity index (χ0) is 15.2. The molecule has 0 heterocycles. The second-order valence-corrected chi connectivity index (χ2v) is 3.58. The lowest BCUT2D eigenvalue weighted by atomic mass is 10.2. The van der Waals surface area contributed by atoms with Gasteiger partial charge in [-0.15, -0.1) is 13.2 Å². The van der Waals surface area contributed by atoms with Crippen LogP contribution in [-0.2, 0) is 9.53 Å². The largest absolute Gasteiger partial charge is 0.573 e. The van der Waals surface area contributed by atoms with Gasteiger partial charge in [0.1, 0.15) is 11.5 Å². The highest BCUT2D eigenvalue weighted by molar-refractivity contribution is 5.87. The molecule has 1 rings (SSSR count). The fourth-order valence-corrected chi connectivity index (χ4v) is 1.36. The van der Waals surface area contributed by atoms with Gasteiger partial charge < -0.3 is 14.2 Å². The van der Waals surface area contributed by atoms with Gasteiger partial charge in [-0.1, -0.05) is 0 Å². The molecule has 0 fully saturated rings. The van der Waals surface area contributed by atoms with E-state index in [-0.39, 0.29) is 12.4 Å². The van der Waals surface area contributed by atoms with Crippen molar-refractivity contribution in [1.29, 1.82) is 0 Å². The Morgan fingerprint density at radius 2 is 1.90 bits per heavy atom. The van der Waals surface area contributed by atoms with E-state index in [9.17, 15) is 18.0 Å². The predicted octanol–water partition coefficient (Wildman–Crippen LogP) is 3.17. The topological polar surface area (TPSA) is 44.8 Å². The third-order valence-corrected chi connectivity index (χ3v) is 2.07. The van der Waals surface area contributed by atoms with Crippen molar-refractivity contribution in [2.45, 2.75) is 13.3 Å². The van der Waals surface area contributed by atoms with Gasteiger partial charge in [-0.25, -0.2) is 4.79 Å². The van der Waals surface area contributed by atoms with Crippen molar-refractivity contribution >= 4 is 12.0 Å². The molecule has 0 amide bonds. The molecule has 20 heavy (non-hydrogen) atoms. The van der Waals surface area contributed by atoms with Crippen LogP contribution in [0.25, 0.3) is 6.08 Å². The Morgan fingerprint density at radius 1 is 1.25 bits per heavy atom. The molecule has 4 nitrogen and oxygen atoms in total. The van der Waals surface area contributed by atoms with Crippen molar-refractivity contribution in [1.82, 2.24) is 0 Å². The van der Waals surface area contributed by atoms with Gasteiger partial charge in [0, 0.05) is 12.1 Å². The maximum Gasteiger partial charge on any atom is 0.573 e. The van der Waals surface area contributed by atoms with Crippen LogP contribution in [0.4, 0.5) is 13.2 Å². The quantitative estimate of drug-likeness (QED) is 0.617. The van der Waals surface area contributed by atoms with E-state index in [1.165, 1.54) is 19.3 Å². The second-order valence-electron chi connectivity index (χ2n) is 3.58. The highest BCUT2D eigenvalue weighted by Gasteiger charge is 2.31. The summed E-state index contributed by atoms with van der Waals surface area (Å²) in [7, 11) is 1.31. The Morgan fingerprint density at radius 3 is 2.45 bits per heavy atom. The van der Waals surface area contributed by atoms with Crippen LogP contribution in [0, 0.1) is 0 Å². The van der Waals surface area contributed by atoms with Gasteiger partial charge in [0.25, 0.3) is 0 Å². The lowest BCUT2D eigenvalue weighted by Gasteiger charge is -2.11. The molecule has 0 aromatic heterocycles. The number of halogens is 3. The summed E-state index contributed by atoms with van der Waals surface area (Å²) in [4.78, 5) is 11.1. The third kappa shape index (κ3) is 5.64. The maximum absolute atomic E-state index is 12.2. The Balaban J connectivity index is 2.96. The molecule has 0 aliphatic carbocycles. The summed E-state index contributed by atoms with van der Waals surface area (Å²) in [5.41, 5.74) is 0.316. The molecule has 7 heteroatoms. The third-order valence-electron chi connectivity index (χ3n) is 2.07. The van der Waals surface area contributed by atoms with Gasteiger partial charge in [0.2, 0.25) is 0 Å². The van der Waals surface area contributed by atoms with E-state index in [1.807, 2.05) is 0 Å². The van der Waals surface area contributed by atoms with Gasteiger partial charge in [-0.2, -0.15) is 0 Å². The molecule has 0 N–H and O–H groups in total. The molecule has 0 bridgehead atoms. The average Bonchev–Trinajstić information content (AvgIpc) is 2.34. The van der Waals surface area contributed by atoms with Crippen molar-refractivity contribution in [3.05, 3.63) is 29.8 Å². The Bertz CT molecular complexity index is 495. The highest BCUT2D eigenvalue weighted by atomic mass is 19.4. The van der Waals surface area contributed by atoms with E-state index in [0.717, 1.165) is 18.2 Å². The Hall–Kier alpha value is -2.18. The molecular formula is C13H13F3O4. The molecule has 0 unspecified atom stereocenters. The van der Waals surface area contributed by atoms with Gasteiger partial charge >= 0.3 is 12.3 Å². The van der Waals surface area contributed by atoms with E-state index >= 15 is 0 Å². The molecule has 110 valence electrons. The number of ether oxygens (including phenoxy) is 3. The number of carbonyl (C=O) groups is 1. The highest BCUT2D eigenvalue weighted by Crippen LogP contribution is 2.28. The van der Waals surface area contributed by atoms with Crippen molar-refractivity contribution in [3.63, 3.8) is 0 Å². The van der Waals surface area contributed by atoms with Crippen molar-refractivity contribution < 1.29 is 32.2 Å². The number of rotatable bonds is 5. The Labute approximate surface area is 113 Å². The number of hydrogen-bond donors (Lipinski definition) is 0. The second kappa shape index (κ2) is 6.83. The number of alkyl halides is 3. The maximum atomic E-state index is 12.2. The van der Waals surface area contributed by atoms with Gasteiger partial charge in [0.05, 0.1) is 13.7 Å². The van der Waals surface area contributed by atoms with Crippen LogP contribution in [0.1, 0.15) is 12.5 Å². The van der Waals surface area contributed by atoms with Crippen molar-refractivity contribution in [3.8, 4) is 11.5 Å². The lowest BCUT2D eigenvalue weighted by Crippen LogP contribution is -2.17. The number of methoxy groups -OCH3 is 1. The predicted molar refractivity (Wildman–Crippen MR) is 65.3 cm³/mol. The first-order valence-electron chi connectivity index (χ1n) is 5.63. The minimum absolute atomic E-state index is 0.176. The minimum Gasteiger partial charge on any atom is -0.497 e. The Kier molecular flexibility index (Phi) is 5.42. The number of esters is 1. The molecule has 0 saturated carbocycles. The van der Waals surface area contributed by atoms with E-state index in [1.54, 1.807) is 6.92 Å². The first-order chi connectivity index (χ1) is 9.34. The van der Waals surface area contributed by atoms with Gasteiger partial charge in [-0.3, -0.25) is 0 Å². The molecule has 0 atom stereocenters. The SMILES string of the molecule is CCOC(=O)/C=C/c1cc(OC)cc(OC(F)(F)F)c1. The van der Waals surface area contributed by atoms with Crippen LogP contribution in [0.5, 0.6) is 11.5 Å². The monoisotopic (exact) mass is 290 g/mol. The minimum atomic E-state index is -4.80. The van der Waals surface area contributed by atoms with Crippen molar-refractivity contribution in [2.24, 2.45) is 0 Å². The summed E-state index contributed by atoms with van der Waals surface area (Å²) in [5.74, 6) is -0.843. The van der Waals surface area contributed by atoms with Crippen LogP contribution in [0.3, 0.4) is 0 Å². The van der Waals surface area contributed by atoms with E-state index in [2.05, 4.69) is 9.47 Å². The number of carbonyl (C=O) groups excluding carboxylic acids is 1. The first-order valence-corrected chi connectivity index (χ1v) is 5.63. The summed E-state index contributed by atoms with van der Waals surface area (Å²) in [6.45, 7) is 1.86. The van der Waals surface area contributed by atoms with Gasteiger partial charge in [-0.05, 0) is 30.7 Å². The standard InChI is InChI=1S/C13H13F3O4/c1-3-19-12(17)5-4-9-6-10(18-2)8-11(7-9)20-13(14,15)16/h4-8H,3H2,1-2H3/b5-4+.